The van der Waals surface area contributed by atoms with E-state index in [1.54, 1.807) is 35.2 Å². The smallest absolute Gasteiger partial charge is 0.343 e. The highest BCUT2D eigenvalue weighted by molar-refractivity contribution is 8.26. The molecule has 4 rings (SSSR count). The third kappa shape index (κ3) is 5.10. The molecule has 1 fully saturated rings. The molecular formula is C25H19NO3S2. The summed E-state index contributed by atoms with van der Waals surface area (Å²) in [4.78, 5) is 27.3. The van der Waals surface area contributed by atoms with Crippen molar-refractivity contribution in [2.75, 3.05) is 0 Å². The fraction of sp³-hybridized carbons (Fsp3) is 0.0800. The number of esters is 1. The Morgan fingerprint density at radius 1 is 1.03 bits per heavy atom. The molecule has 0 atom stereocenters. The molecule has 1 aliphatic heterocycles. The normalized spacial score (nSPS) is 14.9. The van der Waals surface area contributed by atoms with E-state index in [2.05, 4.69) is 0 Å². The van der Waals surface area contributed by atoms with Crippen LogP contribution in [-0.2, 0) is 11.3 Å². The van der Waals surface area contributed by atoms with Crippen molar-refractivity contribution in [2.45, 2.75) is 13.5 Å². The Labute approximate surface area is 190 Å². The summed E-state index contributed by atoms with van der Waals surface area (Å²) in [6.45, 7) is 2.38. The van der Waals surface area contributed by atoms with Gasteiger partial charge in [-0.15, -0.1) is 0 Å². The Morgan fingerprint density at radius 3 is 2.48 bits per heavy atom. The first-order valence-corrected chi connectivity index (χ1v) is 10.9. The lowest BCUT2D eigenvalue weighted by Gasteiger charge is -2.14. The molecule has 1 aliphatic rings. The first-order valence-electron chi connectivity index (χ1n) is 9.68. The average Bonchev–Trinajstić information content (AvgIpc) is 3.03. The van der Waals surface area contributed by atoms with Gasteiger partial charge in [-0.3, -0.25) is 9.69 Å². The first kappa shape index (κ1) is 21.0. The van der Waals surface area contributed by atoms with Gasteiger partial charge in [0.25, 0.3) is 5.91 Å². The van der Waals surface area contributed by atoms with Crippen LogP contribution in [0.2, 0.25) is 0 Å². The van der Waals surface area contributed by atoms with Gasteiger partial charge >= 0.3 is 5.97 Å². The maximum absolute atomic E-state index is 12.8. The Morgan fingerprint density at radius 2 is 1.77 bits per heavy atom. The first-order chi connectivity index (χ1) is 15.0. The molecule has 0 N–H and O–H groups in total. The second-order valence-corrected chi connectivity index (χ2v) is 8.76. The lowest BCUT2D eigenvalue weighted by Crippen LogP contribution is -2.27. The Hall–Kier alpha value is -3.22. The van der Waals surface area contributed by atoms with Gasteiger partial charge < -0.3 is 4.74 Å². The highest BCUT2D eigenvalue weighted by Gasteiger charge is 2.31. The molecule has 154 valence electrons. The maximum atomic E-state index is 12.8. The van der Waals surface area contributed by atoms with E-state index in [0.29, 0.717) is 27.1 Å². The Kier molecular flexibility index (Phi) is 6.30. The second-order valence-electron chi connectivity index (χ2n) is 7.08. The number of aryl methyl sites for hydroxylation is 1. The molecule has 4 nitrogen and oxygen atoms in total. The molecule has 0 unspecified atom stereocenters. The number of carbonyl (C=O) groups is 2. The molecule has 1 saturated heterocycles. The summed E-state index contributed by atoms with van der Waals surface area (Å²) in [5.41, 5.74) is 3.36. The highest BCUT2D eigenvalue weighted by atomic mass is 32.2. The van der Waals surface area contributed by atoms with E-state index in [0.717, 1.165) is 16.7 Å². The number of hydrogen-bond acceptors (Lipinski definition) is 5. The molecule has 0 bridgehead atoms. The predicted molar refractivity (Wildman–Crippen MR) is 128 cm³/mol. The van der Waals surface area contributed by atoms with E-state index in [1.165, 1.54) is 11.8 Å². The van der Waals surface area contributed by atoms with Crippen LogP contribution in [0.25, 0.3) is 6.08 Å². The number of thiocarbonyl (C=S) groups is 1. The zero-order chi connectivity index (χ0) is 21.8. The zero-order valence-corrected chi connectivity index (χ0v) is 18.4. The van der Waals surface area contributed by atoms with E-state index >= 15 is 0 Å². The molecule has 1 amide bonds. The van der Waals surface area contributed by atoms with E-state index in [1.807, 2.05) is 61.5 Å². The number of rotatable bonds is 5. The van der Waals surface area contributed by atoms with Crippen LogP contribution < -0.4 is 4.74 Å². The third-order valence-electron chi connectivity index (χ3n) is 4.70. The van der Waals surface area contributed by atoms with E-state index in [-0.39, 0.29) is 5.91 Å². The number of amides is 1. The zero-order valence-electron chi connectivity index (χ0n) is 16.8. The predicted octanol–water partition coefficient (Wildman–Crippen LogP) is 5.62. The summed E-state index contributed by atoms with van der Waals surface area (Å²) in [6.07, 6.45) is 1.80. The van der Waals surface area contributed by atoms with Gasteiger partial charge in [0.15, 0.2) is 0 Å². The van der Waals surface area contributed by atoms with Crippen LogP contribution >= 0.6 is 24.0 Å². The minimum atomic E-state index is -0.404. The van der Waals surface area contributed by atoms with Crippen LogP contribution in [0.15, 0.2) is 83.8 Å². The van der Waals surface area contributed by atoms with Gasteiger partial charge in [0.2, 0.25) is 0 Å². The largest absolute Gasteiger partial charge is 0.423 e. The maximum Gasteiger partial charge on any atom is 0.343 e. The summed E-state index contributed by atoms with van der Waals surface area (Å²) in [7, 11) is 0. The lowest BCUT2D eigenvalue weighted by molar-refractivity contribution is -0.122. The van der Waals surface area contributed by atoms with Gasteiger partial charge in [-0.25, -0.2) is 4.79 Å². The molecule has 6 heteroatoms. The van der Waals surface area contributed by atoms with Crippen molar-refractivity contribution in [3.05, 3.63) is 106 Å². The molecular weight excluding hydrogens is 426 g/mol. The molecule has 0 aromatic heterocycles. The highest BCUT2D eigenvalue weighted by Crippen LogP contribution is 2.33. The standard InChI is InChI=1S/C25H19NO3S2/c1-17-6-5-9-20(14-17)24(28)29-21-12-10-18(11-13-21)15-22-23(27)26(25(30)31-22)16-19-7-3-2-4-8-19/h2-15H,16H2,1H3/b22-15-. The number of ether oxygens (including phenoxy) is 1. The number of benzene rings is 3. The van der Waals surface area contributed by atoms with Crippen LogP contribution in [0, 0.1) is 6.92 Å². The van der Waals surface area contributed by atoms with Gasteiger partial charge in [-0.05, 0) is 48.4 Å². The van der Waals surface area contributed by atoms with Crippen LogP contribution in [0.5, 0.6) is 5.75 Å². The molecule has 0 radical (unpaired) electrons. The van der Waals surface area contributed by atoms with Crippen molar-refractivity contribution in [3.63, 3.8) is 0 Å². The molecule has 3 aromatic rings. The Balaban J connectivity index is 1.44. The molecule has 31 heavy (non-hydrogen) atoms. The van der Waals surface area contributed by atoms with Crippen LogP contribution in [-0.4, -0.2) is 21.1 Å². The number of hydrogen-bond donors (Lipinski definition) is 0. The van der Waals surface area contributed by atoms with Gasteiger partial charge in [-0.2, -0.15) is 0 Å². The van der Waals surface area contributed by atoms with Crippen molar-refractivity contribution >= 4 is 46.3 Å². The van der Waals surface area contributed by atoms with Gasteiger partial charge in [-0.1, -0.05) is 84.1 Å². The van der Waals surface area contributed by atoms with Crippen molar-refractivity contribution < 1.29 is 14.3 Å². The summed E-state index contributed by atoms with van der Waals surface area (Å²) in [5.74, 6) is -0.0627. The van der Waals surface area contributed by atoms with Gasteiger partial charge in [0, 0.05) is 0 Å². The molecule has 3 aromatic carbocycles. The van der Waals surface area contributed by atoms with Crippen LogP contribution in [0.4, 0.5) is 0 Å². The number of nitrogens with zero attached hydrogens (tertiary/aromatic N) is 1. The van der Waals surface area contributed by atoms with Crippen molar-refractivity contribution in [1.29, 1.82) is 0 Å². The SMILES string of the molecule is Cc1cccc(C(=O)Oc2ccc(/C=C3\SC(=S)N(Cc4ccccc4)C3=O)cc2)c1. The molecule has 0 spiro atoms. The fourth-order valence-corrected chi connectivity index (χ4v) is 4.38. The molecule has 0 aliphatic carbocycles. The van der Waals surface area contributed by atoms with E-state index in [9.17, 15) is 9.59 Å². The van der Waals surface area contributed by atoms with Crippen molar-refractivity contribution in [3.8, 4) is 5.75 Å². The van der Waals surface area contributed by atoms with Crippen molar-refractivity contribution in [1.82, 2.24) is 4.90 Å². The monoisotopic (exact) mass is 445 g/mol. The van der Waals surface area contributed by atoms with Gasteiger partial charge in [0.1, 0.15) is 10.1 Å². The molecule has 1 heterocycles. The summed E-state index contributed by atoms with van der Waals surface area (Å²) >= 11 is 6.70. The topological polar surface area (TPSA) is 46.6 Å². The summed E-state index contributed by atoms with van der Waals surface area (Å²) in [6, 6.07) is 24.1. The minimum Gasteiger partial charge on any atom is -0.423 e. The number of carbonyl (C=O) groups excluding carboxylic acids is 2. The van der Waals surface area contributed by atoms with Crippen molar-refractivity contribution in [2.24, 2.45) is 0 Å². The van der Waals surface area contributed by atoms with E-state index in [4.69, 9.17) is 17.0 Å². The summed E-state index contributed by atoms with van der Waals surface area (Å²) < 4.78 is 5.99. The summed E-state index contributed by atoms with van der Waals surface area (Å²) in [5, 5.41) is 0. The fourth-order valence-electron chi connectivity index (χ4n) is 3.12. The lowest BCUT2D eigenvalue weighted by atomic mass is 10.1. The minimum absolute atomic E-state index is 0.103. The van der Waals surface area contributed by atoms with Gasteiger partial charge in [0.05, 0.1) is 17.0 Å². The van der Waals surface area contributed by atoms with Crippen LogP contribution in [0.1, 0.15) is 27.0 Å². The Bertz CT molecular complexity index is 1170. The second kappa shape index (κ2) is 9.29. The average molecular weight is 446 g/mol. The number of thioether (sulfide) groups is 1. The van der Waals surface area contributed by atoms with Crippen LogP contribution in [0.3, 0.4) is 0 Å². The van der Waals surface area contributed by atoms with E-state index < -0.39 is 5.97 Å². The molecule has 0 saturated carbocycles. The quantitative estimate of drug-likeness (QED) is 0.221. The third-order valence-corrected chi connectivity index (χ3v) is 6.08.